The van der Waals surface area contributed by atoms with Crippen LogP contribution in [0.15, 0.2) is 21.1 Å². The molecule has 0 saturated carbocycles. The van der Waals surface area contributed by atoms with Crippen molar-refractivity contribution in [2.75, 3.05) is 12.3 Å². The van der Waals surface area contributed by atoms with Crippen LogP contribution in [0, 0.1) is 0 Å². The highest BCUT2D eigenvalue weighted by Gasteiger charge is 2.15. The van der Waals surface area contributed by atoms with Crippen LogP contribution in [0.5, 0.6) is 5.75 Å². The Bertz CT molecular complexity index is 433. The second-order valence-electron chi connectivity index (χ2n) is 4.90. The quantitative estimate of drug-likeness (QED) is 0.793. The van der Waals surface area contributed by atoms with Crippen LogP contribution in [-0.4, -0.2) is 18.1 Å². The van der Waals surface area contributed by atoms with E-state index in [2.05, 4.69) is 37.2 Å². The number of nitrogens with two attached hydrogens (primary N) is 1. The van der Waals surface area contributed by atoms with Crippen molar-refractivity contribution in [3.63, 3.8) is 0 Å². The largest absolute Gasteiger partial charge is 0.481 e. The molecule has 0 aliphatic carbocycles. The average molecular weight is 380 g/mol. The minimum atomic E-state index is -0.268. The second-order valence-corrected chi connectivity index (χ2v) is 6.61. The predicted molar refractivity (Wildman–Crippen MR) is 79.6 cm³/mol. The van der Waals surface area contributed by atoms with Gasteiger partial charge in [0, 0.05) is 11.2 Å². The Balaban J connectivity index is 2.67. The van der Waals surface area contributed by atoms with Gasteiger partial charge in [0.2, 0.25) is 0 Å². The molecule has 0 aromatic heterocycles. The number of carbonyl (C=O) groups excluding carboxylic acids is 1. The Morgan fingerprint density at radius 3 is 2.28 bits per heavy atom. The molecule has 4 nitrogen and oxygen atoms in total. The molecule has 0 saturated heterocycles. The molecule has 0 aliphatic rings. The molecule has 18 heavy (non-hydrogen) atoms. The first-order valence-corrected chi connectivity index (χ1v) is 6.96. The molecule has 6 heteroatoms. The number of rotatable bonds is 3. The summed E-state index contributed by atoms with van der Waals surface area (Å²) in [5, 5.41) is 2.82. The zero-order valence-electron chi connectivity index (χ0n) is 10.5. The first kappa shape index (κ1) is 15.3. The second kappa shape index (κ2) is 5.93. The first-order valence-electron chi connectivity index (χ1n) is 5.37. The van der Waals surface area contributed by atoms with Gasteiger partial charge in [-0.1, -0.05) is 0 Å². The fourth-order valence-electron chi connectivity index (χ4n) is 1.31. The van der Waals surface area contributed by atoms with Gasteiger partial charge in [0.15, 0.2) is 6.61 Å². The number of nitrogens with one attached hydrogen (secondary N) is 1. The van der Waals surface area contributed by atoms with Crippen LogP contribution in [0.4, 0.5) is 5.69 Å². The van der Waals surface area contributed by atoms with E-state index < -0.39 is 0 Å². The maximum Gasteiger partial charge on any atom is 0.258 e. The monoisotopic (exact) mass is 378 g/mol. The van der Waals surface area contributed by atoms with E-state index in [1.165, 1.54) is 0 Å². The summed E-state index contributed by atoms with van der Waals surface area (Å²) >= 11 is 6.69. The van der Waals surface area contributed by atoms with E-state index in [9.17, 15) is 4.79 Å². The summed E-state index contributed by atoms with van der Waals surface area (Å²) in [6.45, 7) is 5.71. The Morgan fingerprint density at radius 1 is 1.33 bits per heavy atom. The van der Waals surface area contributed by atoms with Gasteiger partial charge in [-0.2, -0.15) is 0 Å². The summed E-state index contributed by atoms with van der Waals surface area (Å²) in [6, 6.07) is 3.45. The van der Waals surface area contributed by atoms with Crippen LogP contribution in [0.3, 0.4) is 0 Å². The SMILES string of the molecule is CC(C)(C)NC(=O)COc1c(Br)cc(N)cc1Br. The third kappa shape index (κ3) is 4.86. The van der Waals surface area contributed by atoms with Crippen molar-refractivity contribution in [1.29, 1.82) is 0 Å². The number of amides is 1. The van der Waals surface area contributed by atoms with Gasteiger partial charge in [0.1, 0.15) is 5.75 Å². The highest BCUT2D eigenvalue weighted by molar-refractivity contribution is 9.11. The zero-order valence-corrected chi connectivity index (χ0v) is 13.7. The Labute approximate surface area is 124 Å². The molecule has 100 valence electrons. The fraction of sp³-hybridized carbons (Fsp3) is 0.417. The van der Waals surface area contributed by atoms with Crippen molar-refractivity contribution in [2.24, 2.45) is 0 Å². The summed E-state index contributed by atoms with van der Waals surface area (Å²) in [4.78, 5) is 11.6. The van der Waals surface area contributed by atoms with Gasteiger partial charge >= 0.3 is 0 Å². The van der Waals surface area contributed by atoms with E-state index in [1.54, 1.807) is 12.1 Å². The van der Waals surface area contributed by atoms with Gasteiger partial charge in [-0.3, -0.25) is 4.79 Å². The van der Waals surface area contributed by atoms with E-state index in [4.69, 9.17) is 10.5 Å². The maximum atomic E-state index is 11.6. The molecule has 0 bridgehead atoms. The molecule has 0 unspecified atom stereocenters. The predicted octanol–water partition coefficient (Wildman–Crippen LogP) is 3.09. The van der Waals surface area contributed by atoms with Crippen LogP contribution in [-0.2, 0) is 4.79 Å². The van der Waals surface area contributed by atoms with Crippen molar-refractivity contribution in [2.45, 2.75) is 26.3 Å². The van der Waals surface area contributed by atoms with Crippen molar-refractivity contribution in [3.8, 4) is 5.75 Å². The van der Waals surface area contributed by atoms with Crippen LogP contribution in [0.25, 0.3) is 0 Å². The topological polar surface area (TPSA) is 64.3 Å². The lowest BCUT2D eigenvalue weighted by molar-refractivity contribution is -0.124. The van der Waals surface area contributed by atoms with Gasteiger partial charge < -0.3 is 15.8 Å². The van der Waals surface area contributed by atoms with Crippen LogP contribution in [0.2, 0.25) is 0 Å². The van der Waals surface area contributed by atoms with Gasteiger partial charge in [0.05, 0.1) is 8.95 Å². The molecule has 0 spiro atoms. The van der Waals surface area contributed by atoms with Gasteiger partial charge in [-0.05, 0) is 64.8 Å². The number of halogens is 2. The number of nitrogen functional groups attached to an aromatic ring is 1. The lowest BCUT2D eigenvalue weighted by Gasteiger charge is -2.20. The molecule has 0 fully saturated rings. The Morgan fingerprint density at radius 2 is 1.83 bits per heavy atom. The normalized spacial score (nSPS) is 11.2. The number of ether oxygens (including phenoxy) is 1. The summed E-state index contributed by atoms with van der Waals surface area (Å²) in [6.07, 6.45) is 0. The minimum Gasteiger partial charge on any atom is -0.481 e. The summed E-state index contributed by atoms with van der Waals surface area (Å²) in [7, 11) is 0. The lowest BCUT2D eigenvalue weighted by atomic mass is 10.1. The van der Waals surface area contributed by atoms with Crippen molar-refractivity contribution >= 4 is 43.5 Å². The summed E-state index contributed by atoms with van der Waals surface area (Å²) in [5.41, 5.74) is 6.02. The Hall–Kier alpha value is -0.750. The fourth-order valence-corrected chi connectivity index (χ4v) is 2.76. The van der Waals surface area contributed by atoms with E-state index in [0.717, 1.165) is 0 Å². The smallest absolute Gasteiger partial charge is 0.258 e. The van der Waals surface area contributed by atoms with Crippen molar-refractivity contribution in [3.05, 3.63) is 21.1 Å². The molecule has 3 N–H and O–H groups in total. The van der Waals surface area contributed by atoms with Crippen molar-refractivity contribution in [1.82, 2.24) is 5.32 Å². The number of hydrogen-bond acceptors (Lipinski definition) is 3. The number of carbonyl (C=O) groups is 1. The first-order chi connectivity index (χ1) is 8.19. The number of hydrogen-bond donors (Lipinski definition) is 2. The summed E-state index contributed by atoms with van der Waals surface area (Å²) in [5.74, 6) is 0.395. The molecule has 0 atom stereocenters. The molecule has 0 radical (unpaired) electrons. The van der Waals surface area contributed by atoms with Crippen LogP contribution < -0.4 is 15.8 Å². The standard InChI is InChI=1S/C12H16Br2N2O2/c1-12(2,3)16-10(17)6-18-11-8(13)4-7(15)5-9(11)14/h4-5H,6,15H2,1-3H3,(H,16,17). The lowest BCUT2D eigenvalue weighted by Crippen LogP contribution is -2.43. The average Bonchev–Trinajstić information content (AvgIpc) is 2.12. The van der Waals surface area contributed by atoms with E-state index in [1.807, 2.05) is 20.8 Å². The molecular formula is C12H16Br2N2O2. The maximum absolute atomic E-state index is 11.6. The third-order valence-corrected chi connectivity index (χ3v) is 3.06. The number of benzene rings is 1. The molecule has 1 aromatic carbocycles. The van der Waals surface area contributed by atoms with Crippen LogP contribution in [0.1, 0.15) is 20.8 Å². The van der Waals surface area contributed by atoms with Gasteiger partial charge in [-0.15, -0.1) is 0 Å². The van der Waals surface area contributed by atoms with E-state index >= 15 is 0 Å². The molecule has 0 heterocycles. The molecule has 0 aliphatic heterocycles. The highest BCUT2D eigenvalue weighted by Crippen LogP contribution is 2.35. The van der Waals surface area contributed by atoms with Crippen LogP contribution >= 0.6 is 31.9 Å². The van der Waals surface area contributed by atoms with E-state index in [-0.39, 0.29) is 18.1 Å². The minimum absolute atomic E-state index is 0.0433. The Kier molecular flexibility index (Phi) is 5.04. The van der Waals surface area contributed by atoms with E-state index in [0.29, 0.717) is 20.4 Å². The number of anilines is 1. The van der Waals surface area contributed by atoms with Crippen molar-refractivity contribution < 1.29 is 9.53 Å². The van der Waals surface area contributed by atoms with Gasteiger partial charge in [0.25, 0.3) is 5.91 Å². The molecule has 1 rings (SSSR count). The molecule has 1 amide bonds. The third-order valence-electron chi connectivity index (χ3n) is 1.88. The molecular weight excluding hydrogens is 364 g/mol. The molecule has 1 aromatic rings. The summed E-state index contributed by atoms with van der Waals surface area (Å²) < 4.78 is 6.88. The highest BCUT2D eigenvalue weighted by atomic mass is 79.9. The van der Waals surface area contributed by atoms with Gasteiger partial charge in [-0.25, -0.2) is 0 Å². The zero-order chi connectivity index (χ0) is 13.9.